The summed E-state index contributed by atoms with van der Waals surface area (Å²) in [5.74, 6) is 0.643. The van der Waals surface area contributed by atoms with Gasteiger partial charge in [0.2, 0.25) is 0 Å². The van der Waals surface area contributed by atoms with Gasteiger partial charge in [0.1, 0.15) is 0 Å². The maximum absolute atomic E-state index is 4.71. The Labute approximate surface area is 99.4 Å². The first-order chi connectivity index (χ1) is 7.83. The average molecular weight is 230 g/mol. The molecule has 16 heavy (non-hydrogen) atoms. The van der Waals surface area contributed by atoms with Gasteiger partial charge in [0.25, 0.3) is 0 Å². The Kier molecular flexibility index (Phi) is 2.50. The third-order valence-corrected chi connectivity index (χ3v) is 4.01. The second kappa shape index (κ2) is 4.00. The zero-order valence-electron chi connectivity index (χ0n) is 9.23. The molecular formula is C13H14N2S. The van der Waals surface area contributed by atoms with Crippen LogP contribution in [0, 0.1) is 6.92 Å². The zero-order chi connectivity index (χ0) is 11.0. The van der Waals surface area contributed by atoms with Gasteiger partial charge < -0.3 is 5.32 Å². The van der Waals surface area contributed by atoms with E-state index < -0.39 is 0 Å². The fraction of sp³-hybridized carbons (Fsp3) is 0.308. The molecule has 0 saturated carbocycles. The van der Waals surface area contributed by atoms with Crippen LogP contribution in [-0.4, -0.2) is 18.1 Å². The van der Waals surface area contributed by atoms with E-state index in [1.807, 2.05) is 0 Å². The van der Waals surface area contributed by atoms with Crippen LogP contribution in [0.15, 0.2) is 29.6 Å². The number of nitrogens with zero attached hydrogens (tertiary/aromatic N) is 1. The molecule has 1 saturated heterocycles. The first-order valence-electron chi connectivity index (χ1n) is 5.56. The Balaban J connectivity index is 1.88. The normalized spacial score (nSPS) is 16.1. The van der Waals surface area contributed by atoms with E-state index >= 15 is 0 Å². The SMILES string of the molecule is Cc1ccc(-c2csc(C3CNC3)n2)cc1. The molecule has 82 valence electrons. The summed E-state index contributed by atoms with van der Waals surface area (Å²) in [6, 6.07) is 8.57. The van der Waals surface area contributed by atoms with Crippen LogP contribution in [-0.2, 0) is 0 Å². The number of aryl methyl sites for hydroxylation is 1. The van der Waals surface area contributed by atoms with Gasteiger partial charge in [0, 0.05) is 30.0 Å². The van der Waals surface area contributed by atoms with Gasteiger partial charge in [-0.15, -0.1) is 11.3 Å². The second-order valence-electron chi connectivity index (χ2n) is 4.29. The first-order valence-corrected chi connectivity index (χ1v) is 6.44. The molecule has 3 heteroatoms. The lowest BCUT2D eigenvalue weighted by atomic mass is 10.1. The second-order valence-corrected chi connectivity index (χ2v) is 5.18. The predicted molar refractivity (Wildman–Crippen MR) is 67.9 cm³/mol. The number of hydrogen-bond acceptors (Lipinski definition) is 3. The average Bonchev–Trinajstić information content (AvgIpc) is 2.65. The number of hydrogen-bond donors (Lipinski definition) is 1. The van der Waals surface area contributed by atoms with Crippen LogP contribution in [0.4, 0.5) is 0 Å². The summed E-state index contributed by atoms with van der Waals surface area (Å²) in [5, 5.41) is 6.72. The maximum atomic E-state index is 4.71. The third-order valence-electron chi connectivity index (χ3n) is 3.00. The largest absolute Gasteiger partial charge is 0.315 e. The Morgan fingerprint density at radius 1 is 1.25 bits per heavy atom. The number of rotatable bonds is 2. The van der Waals surface area contributed by atoms with Crippen molar-refractivity contribution >= 4 is 11.3 Å². The molecule has 3 rings (SSSR count). The number of benzene rings is 1. The van der Waals surface area contributed by atoms with Crippen LogP contribution < -0.4 is 5.32 Å². The summed E-state index contributed by atoms with van der Waals surface area (Å²) in [4.78, 5) is 4.71. The van der Waals surface area contributed by atoms with Crippen molar-refractivity contribution in [3.8, 4) is 11.3 Å². The monoisotopic (exact) mass is 230 g/mol. The minimum atomic E-state index is 0.643. The summed E-state index contributed by atoms with van der Waals surface area (Å²) in [7, 11) is 0. The highest BCUT2D eigenvalue weighted by Gasteiger charge is 2.22. The van der Waals surface area contributed by atoms with Gasteiger partial charge in [0.05, 0.1) is 10.7 Å². The topological polar surface area (TPSA) is 24.9 Å². The van der Waals surface area contributed by atoms with Crippen molar-refractivity contribution in [1.82, 2.24) is 10.3 Å². The lowest BCUT2D eigenvalue weighted by molar-refractivity contribution is 0.447. The van der Waals surface area contributed by atoms with E-state index in [2.05, 4.69) is 41.9 Å². The van der Waals surface area contributed by atoms with Crippen molar-refractivity contribution in [3.63, 3.8) is 0 Å². The van der Waals surface area contributed by atoms with Gasteiger partial charge in [-0.25, -0.2) is 4.98 Å². The van der Waals surface area contributed by atoms with E-state index in [0.717, 1.165) is 18.8 Å². The van der Waals surface area contributed by atoms with Gasteiger partial charge in [-0.05, 0) is 6.92 Å². The van der Waals surface area contributed by atoms with Crippen molar-refractivity contribution < 1.29 is 0 Å². The van der Waals surface area contributed by atoms with Crippen LogP contribution in [0.1, 0.15) is 16.5 Å². The standard InChI is InChI=1S/C13H14N2S/c1-9-2-4-10(5-3-9)12-8-16-13(15-12)11-6-14-7-11/h2-5,8,11,14H,6-7H2,1H3. The summed E-state index contributed by atoms with van der Waals surface area (Å²) >= 11 is 1.78. The highest BCUT2D eigenvalue weighted by Crippen LogP contribution is 2.28. The zero-order valence-corrected chi connectivity index (χ0v) is 10.1. The summed E-state index contributed by atoms with van der Waals surface area (Å²) < 4.78 is 0. The Morgan fingerprint density at radius 2 is 2.00 bits per heavy atom. The molecule has 0 unspecified atom stereocenters. The number of nitrogens with one attached hydrogen (secondary N) is 1. The van der Waals surface area contributed by atoms with Gasteiger partial charge >= 0.3 is 0 Å². The maximum Gasteiger partial charge on any atom is 0.0989 e. The van der Waals surface area contributed by atoms with Gasteiger partial charge in [-0.3, -0.25) is 0 Å². The lowest BCUT2D eigenvalue weighted by Gasteiger charge is -2.24. The molecule has 0 amide bonds. The fourth-order valence-corrected chi connectivity index (χ4v) is 2.73. The van der Waals surface area contributed by atoms with E-state index in [1.54, 1.807) is 11.3 Å². The molecule has 1 fully saturated rings. The van der Waals surface area contributed by atoms with Gasteiger partial charge in [0.15, 0.2) is 0 Å². The van der Waals surface area contributed by atoms with Gasteiger partial charge in [-0.2, -0.15) is 0 Å². The van der Waals surface area contributed by atoms with Crippen LogP contribution >= 0.6 is 11.3 Å². The Bertz CT molecular complexity index is 483. The van der Waals surface area contributed by atoms with Crippen molar-refractivity contribution in [1.29, 1.82) is 0 Å². The molecule has 2 nitrogen and oxygen atoms in total. The smallest absolute Gasteiger partial charge is 0.0989 e. The summed E-state index contributed by atoms with van der Waals surface area (Å²) in [5.41, 5.74) is 3.63. The highest BCUT2D eigenvalue weighted by molar-refractivity contribution is 7.10. The minimum Gasteiger partial charge on any atom is -0.315 e. The predicted octanol–water partition coefficient (Wildman–Crippen LogP) is 2.81. The van der Waals surface area contributed by atoms with E-state index in [9.17, 15) is 0 Å². The summed E-state index contributed by atoms with van der Waals surface area (Å²) in [6.45, 7) is 4.28. The van der Waals surface area contributed by atoms with Crippen molar-refractivity contribution in [2.24, 2.45) is 0 Å². The molecule has 1 aromatic carbocycles. The minimum absolute atomic E-state index is 0.643. The van der Waals surface area contributed by atoms with Crippen molar-refractivity contribution in [2.45, 2.75) is 12.8 Å². The van der Waals surface area contributed by atoms with Crippen LogP contribution in [0.5, 0.6) is 0 Å². The molecule has 2 heterocycles. The Morgan fingerprint density at radius 3 is 2.62 bits per heavy atom. The quantitative estimate of drug-likeness (QED) is 0.858. The molecule has 2 aromatic rings. The lowest BCUT2D eigenvalue weighted by Crippen LogP contribution is -2.39. The Hall–Kier alpha value is -1.19. The van der Waals surface area contributed by atoms with Crippen molar-refractivity contribution in [2.75, 3.05) is 13.1 Å². The molecule has 0 spiro atoms. The van der Waals surface area contributed by atoms with E-state index in [0.29, 0.717) is 5.92 Å². The van der Waals surface area contributed by atoms with Crippen LogP contribution in [0.2, 0.25) is 0 Å². The molecule has 0 atom stereocenters. The molecular weight excluding hydrogens is 216 g/mol. The van der Waals surface area contributed by atoms with E-state index in [4.69, 9.17) is 4.98 Å². The number of aromatic nitrogens is 1. The fourth-order valence-electron chi connectivity index (χ4n) is 1.80. The van der Waals surface area contributed by atoms with Gasteiger partial charge in [-0.1, -0.05) is 29.8 Å². The van der Waals surface area contributed by atoms with E-state index in [1.165, 1.54) is 16.1 Å². The van der Waals surface area contributed by atoms with Crippen LogP contribution in [0.3, 0.4) is 0 Å². The van der Waals surface area contributed by atoms with Crippen LogP contribution in [0.25, 0.3) is 11.3 Å². The molecule has 1 aromatic heterocycles. The first kappa shape index (κ1) is 10.00. The molecule has 0 radical (unpaired) electrons. The van der Waals surface area contributed by atoms with E-state index in [-0.39, 0.29) is 0 Å². The molecule has 1 aliphatic rings. The van der Waals surface area contributed by atoms with Crippen molar-refractivity contribution in [3.05, 3.63) is 40.2 Å². The number of thiazole rings is 1. The third kappa shape index (κ3) is 1.77. The molecule has 1 aliphatic heterocycles. The highest BCUT2D eigenvalue weighted by atomic mass is 32.1. The molecule has 1 N–H and O–H groups in total. The summed E-state index contributed by atoms with van der Waals surface area (Å²) in [6.07, 6.45) is 0. The molecule has 0 aliphatic carbocycles. The molecule has 0 bridgehead atoms.